The molecule has 0 saturated heterocycles. The highest BCUT2D eigenvalue weighted by Gasteiger charge is 2.33. The zero-order valence-electron chi connectivity index (χ0n) is 20.2. The van der Waals surface area contributed by atoms with Gasteiger partial charge in [-0.05, 0) is 60.1 Å². The van der Waals surface area contributed by atoms with Crippen LogP contribution in [-0.2, 0) is 21.0 Å². The molecule has 6 heteroatoms. The van der Waals surface area contributed by atoms with Crippen molar-refractivity contribution in [3.63, 3.8) is 0 Å². The Morgan fingerprint density at radius 2 is 1.54 bits per heavy atom. The lowest BCUT2D eigenvalue weighted by atomic mass is 9.91. The van der Waals surface area contributed by atoms with E-state index in [2.05, 4.69) is 17.3 Å². The highest BCUT2D eigenvalue weighted by molar-refractivity contribution is 6.01. The normalized spacial score (nSPS) is 14.2. The van der Waals surface area contributed by atoms with Crippen molar-refractivity contribution in [3.05, 3.63) is 95.6 Å². The third-order valence-electron chi connectivity index (χ3n) is 6.13. The summed E-state index contributed by atoms with van der Waals surface area (Å²) in [5.41, 5.74) is 3.88. The number of esters is 1. The molecule has 0 N–H and O–H groups in total. The van der Waals surface area contributed by atoms with Crippen molar-refractivity contribution in [2.24, 2.45) is 11.1 Å². The van der Waals surface area contributed by atoms with Crippen molar-refractivity contribution in [3.8, 4) is 11.5 Å². The van der Waals surface area contributed by atoms with E-state index in [4.69, 9.17) is 19.0 Å². The van der Waals surface area contributed by atoms with Gasteiger partial charge in [-0.25, -0.2) is 0 Å². The largest absolute Gasteiger partial charge is 0.489 e. The minimum atomic E-state index is -0.156. The zero-order chi connectivity index (χ0) is 24.5. The molecule has 3 aromatic carbocycles. The van der Waals surface area contributed by atoms with E-state index in [1.807, 2.05) is 66.7 Å². The van der Waals surface area contributed by atoms with E-state index >= 15 is 0 Å². The highest BCUT2D eigenvalue weighted by atomic mass is 16.6. The lowest BCUT2D eigenvalue weighted by Crippen LogP contribution is -2.13. The number of nitrogens with zero attached hydrogens (tertiary/aromatic N) is 1. The predicted molar refractivity (Wildman–Crippen MR) is 135 cm³/mol. The van der Waals surface area contributed by atoms with Crippen molar-refractivity contribution < 1.29 is 23.8 Å². The predicted octanol–water partition coefficient (Wildman–Crippen LogP) is 5.75. The van der Waals surface area contributed by atoms with Crippen LogP contribution in [0.1, 0.15) is 41.9 Å². The minimum absolute atomic E-state index is 0.156. The van der Waals surface area contributed by atoms with Crippen LogP contribution in [0.2, 0.25) is 0 Å². The molecular formula is C29H31NO5. The van der Waals surface area contributed by atoms with Gasteiger partial charge in [0.1, 0.15) is 37.5 Å². The van der Waals surface area contributed by atoms with Gasteiger partial charge in [0.05, 0.1) is 13.5 Å². The van der Waals surface area contributed by atoms with Crippen molar-refractivity contribution >= 4 is 11.7 Å². The standard InChI is InChI=1S/C29H31NO5/c1-32-29(31)18-27(22-10-11-22)23-12-16-26(17-13-23)34-19-21-8-14-25(15-9-21)35-20-28(30-33-2)24-6-4-3-5-7-24/h3-9,12-17,22,27H,10-11,18-20H2,1-2H3/b30-28+. The second-order valence-corrected chi connectivity index (χ2v) is 8.60. The average molecular weight is 474 g/mol. The third kappa shape index (κ3) is 7.09. The Hall–Kier alpha value is -3.80. The van der Waals surface area contributed by atoms with Gasteiger partial charge in [-0.2, -0.15) is 0 Å². The summed E-state index contributed by atoms with van der Waals surface area (Å²) in [5, 5.41) is 4.09. The van der Waals surface area contributed by atoms with Crippen molar-refractivity contribution in [2.75, 3.05) is 20.8 Å². The van der Waals surface area contributed by atoms with Crippen LogP contribution < -0.4 is 9.47 Å². The molecule has 6 nitrogen and oxygen atoms in total. The van der Waals surface area contributed by atoms with Crippen LogP contribution in [0.4, 0.5) is 0 Å². The SMILES string of the molecule is CO/N=C(\COc1ccc(COc2ccc(C(CC(=O)OC)C3CC3)cc2)cc1)c1ccccc1. The second-order valence-electron chi connectivity index (χ2n) is 8.60. The van der Waals surface area contributed by atoms with Crippen LogP contribution >= 0.6 is 0 Å². The summed E-state index contributed by atoms with van der Waals surface area (Å²) in [6, 6.07) is 25.7. The summed E-state index contributed by atoms with van der Waals surface area (Å²) in [7, 11) is 2.97. The summed E-state index contributed by atoms with van der Waals surface area (Å²) in [6.07, 6.45) is 2.78. The Morgan fingerprint density at radius 1 is 0.886 bits per heavy atom. The van der Waals surface area contributed by atoms with Crippen molar-refractivity contribution in [2.45, 2.75) is 31.8 Å². The van der Waals surface area contributed by atoms with Gasteiger partial charge in [0.15, 0.2) is 0 Å². The molecular weight excluding hydrogens is 442 g/mol. The van der Waals surface area contributed by atoms with Crippen LogP contribution in [0.15, 0.2) is 84.0 Å². The minimum Gasteiger partial charge on any atom is -0.489 e. The smallest absolute Gasteiger partial charge is 0.306 e. The molecule has 0 bridgehead atoms. The van der Waals surface area contributed by atoms with E-state index in [1.165, 1.54) is 32.6 Å². The number of rotatable bonds is 12. The quantitative estimate of drug-likeness (QED) is 0.190. The summed E-state index contributed by atoms with van der Waals surface area (Å²) >= 11 is 0. The molecule has 0 amide bonds. The van der Waals surface area contributed by atoms with Crippen LogP contribution in [0.25, 0.3) is 0 Å². The van der Waals surface area contributed by atoms with E-state index in [0.29, 0.717) is 25.6 Å². The number of ether oxygens (including phenoxy) is 3. The number of oxime groups is 1. The first-order chi connectivity index (χ1) is 17.2. The number of hydrogen-bond donors (Lipinski definition) is 0. The molecule has 182 valence electrons. The van der Waals surface area contributed by atoms with E-state index < -0.39 is 0 Å². The maximum Gasteiger partial charge on any atom is 0.306 e. The van der Waals surface area contributed by atoms with E-state index in [-0.39, 0.29) is 11.9 Å². The summed E-state index contributed by atoms with van der Waals surface area (Å²) < 4.78 is 16.7. The molecule has 1 atom stereocenters. The van der Waals surface area contributed by atoms with Crippen LogP contribution in [0.5, 0.6) is 11.5 Å². The molecule has 1 aliphatic rings. The Labute approximate surface area is 206 Å². The number of methoxy groups -OCH3 is 1. The number of carbonyl (C=O) groups is 1. The highest BCUT2D eigenvalue weighted by Crippen LogP contribution is 2.44. The van der Waals surface area contributed by atoms with Gasteiger partial charge in [-0.3, -0.25) is 4.79 Å². The Morgan fingerprint density at radius 3 is 2.17 bits per heavy atom. The topological polar surface area (TPSA) is 66.3 Å². The maximum absolute atomic E-state index is 11.8. The Balaban J connectivity index is 1.29. The molecule has 0 aliphatic heterocycles. The first-order valence-electron chi connectivity index (χ1n) is 11.8. The van der Waals surface area contributed by atoms with Gasteiger partial charge >= 0.3 is 5.97 Å². The second kappa shape index (κ2) is 12.1. The molecule has 1 saturated carbocycles. The molecule has 0 heterocycles. The zero-order valence-corrected chi connectivity index (χ0v) is 20.2. The van der Waals surface area contributed by atoms with Gasteiger partial charge in [0.25, 0.3) is 0 Å². The Kier molecular flexibility index (Phi) is 8.39. The molecule has 0 spiro atoms. The average Bonchev–Trinajstić information content (AvgIpc) is 3.75. The van der Waals surface area contributed by atoms with Gasteiger partial charge in [-0.15, -0.1) is 0 Å². The molecule has 1 fully saturated rings. The third-order valence-corrected chi connectivity index (χ3v) is 6.13. The first kappa shape index (κ1) is 24.3. The first-order valence-corrected chi connectivity index (χ1v) is 11.8. The number of benzene rings is 3. The van der Waals surface area contributed by atoms with Gasteiger partial charge in [-0.1, -0.05) is 59.8 Å². The Bertz CT molecular complexity index is 1110. The van der Waals surface area contributed by atoms with Crippen LogP contribution in [-0.4, -0.2) is 32.5 Å². The monoisotopic (exact) mass is 473 g/mol. The van der Waals surface area contributed by atoms with Crippen molar-refractivity contribution in [1.82, 2.24) is 0 Å². The summed E-state index contributed by atoms with van der Waals surface area (Å²) in [4.78, 5) is 16.7. The molecule has 0 aromatic heterocycles. The molecule has 3 aromatic rings. The fourth-order valence-electron chi connectivity index (χ4n) is 4.03. The summed E-state index contributed by atoms with van der Waals surface area (Å²) in [6.45, 7) is 0.756. The van der Waals surface area contributed by atoms with E-state index in [1.54, 1.807) is 0 Å². The molecule has 1 aliphatic carbocycles. The fraction of sp³-hybridized carbons (Fsp3) is 0.310. The maximum atomic E-state index is 11.8. The van der Waals surface area contributed by atoms with Gasteiger partial charge < -0.3 is 19.0 Å². The van der Waals surface area contributed by atoms with E-state index in [0.717, 1.165) is 28.3 Å². The van der Waals surface area contributed by atoms with Gasteiger partial charge in [0, 0.05) is 5.56 Å². The summed E-state index contributed by atoms with van der Waals surface area (Å²) in [5.74, 6) is 2.18. The lowest BCUT2D eigenvalue weighted by Gasteiger charge is -2.16. The molecule has 35 heavy (non-hydrogen) atoms. The molecule has 4 rings (SSSR count). The number of hydrogen-bond acceptors (Lipinski definition) is 6. The van der Waals surface area contributed by atoms with Crippen LogP contribution in [0.3, 0.4) is 0 Å². The van der Waals surface area contributed by atoms with Crippen molar-refractivity contribution in [1.29, 1.82) is 0 Å². The van der Waals surface area contributed by atoms with Gasteiger partial charge in [0.2, 0.25) is 0 Å². The van der Waals surface area contributed by atoms with E-state index in [9.17, 15) is 4.79 Å². The molecule has 0 radical (unpaired) electrons. The number of carbonyl (C=O) groups excluding carboxylic acids is 1. The fourth-order valence-corrected chi connectivity index (χ4v) is 4.03. The molecule has 1 unspecified atom stereocenters. The lowest BCUT2D eigenvalue weighted by molar-refractivity contribution is -0.141. The van der Waals surface area contributed by atoms with Crippen LogP contribution in [0, 0.1) is 5.92 Å².